The minimum Gasteiger partial charge on any atom is -0.336 e. The maximum absolute atomic E-state index is 15.9. The second-order valence-corrected chi connectivity index (χ2v) is 8.19. The highest BCUT2D eigenvalue weighted by molar-refractivity contribution is 5.95. The van der Waals surface area contributed by atoms with E-state index < -0.39 is 5.82 Å². The van der Waals surface area contributed by atoms with Gasteiger partial charge in [0, 0.05) is 42.3 Å². The number of imidazole rings is 2. The first-order valence-electron chi connectivity index (χ1n) is 11.2. The Balaban J connectivity index is 1.47. The van der Waals surface area contributed by atoms with Gasteiger partial charge in [-0.3, -0.25) is 19.4 Å². The lowest BCUT2D eigenvalue weighted by atomic mass is 10.1. The monoisotopic (exact) mass is 482 g/mol. The summed E-state index contributed by atoms with van der Waals surface area (Å²) in [5.74, 6) is 0.285. The molecule has 6 aromatic heterocycles. The van der Waals surface area contributed by atoms with Crippen molar-refractivity contribution in [2.75, 3.05) is 5.32 Å². The van der Waals surface area contributed by atoms with E-state index in [-0.39, 0.29) is 22.5 Å². The molecular formula is C24H19FN10O. The van der Waals surface area contributed by atoms with Gasteiger partial charge in [-0.2, -0.15) is 5.10 Å². The lowest BCUT2D eigenvalue weighted by Crippen LogP contribution is -2.09. The van der Waals surface area contributed by atoms with E-state index in [4.69, 9.17) is 4.98 Å². The van der Waals surface area contributed by atoms with Crippen LogP contribution in [0.1, 0.15) is 19.0 Å². The third kappa shape index (κ3) is 3.55. The highest BCUT2D eigenvalue weighted by atomic mass is 19.1. The number of rotatable bonds is 5. The summed E-state index contributed by atoms with van der Waals surface area (Å²) in [6.45, 7) is 3.64. The normalized spacial score (nSPS) is 11.4. The molecule has 0 saturated carbocycles. The number of fused-ring (bicyclic) bond motifs is 2. The van der Waals surface area contributed by atoms with Gasteiger partial charge in [0.2, 0.25) is 5.91 Å². The Morgan fingerprint density at radius 2 is 2.08 bits per heavy atom. The van der Waals surface area contributed by atoms with Crippen LogP contribution in [0, 0.1) is 12.7 Å². The van der Waals surface area contributed by atoms with Crippen LogP contribution in [-0.2, 0) is 4.79 Å². The molecule has 178 valence electrons. The standard InChI is InChI=1S/C24H19FN10O/c1-3-17(36)30-14-6-13(7-26-8-14)15-9-28-22-18(19(15)25)21(33-34-22)23-31-16-4-5-27-24(20(16)32-23)35-10-12(2)29-11-35/h4-11H,3H2,1-2H3,(H,30,36)(H,31,32)(H,28,33,34). The Morgan fingerprint density at radius 3 is 2.89 bits per heavy atom. The second-order valence-electron chi connectivity index (χ2n) is 8.19. The first-order chi connectivity index (χ1) is 17.5. The minimum atomic E-state index is -0.534. The van der Waals surface area contributed by atoms with Crippen molar-refractivity contribution >= 4 is 33.7 Å². The SMILES string of the molecule is CCC(=O)Nc1cncc(-c2cnc3n[nH]c(-c4nc5c(-n6cnc(C)c6)nccc5[nH]4)c3c2F)c1. The van der Waals surface area contributed by atoms with Crippen LogP contribution in [0.25, 0.3) is 50.5 Å². The lowest BCUT2D eigenvalue weighted by Gasteiger charge is -2.07. The van der Waals surface area contributed by atoms with Gasteiger partial charge in [0.15, 0.2) is 17.3 Å². The first kappa shape index (κ1) is 21.5. The predicted molar refractivity (Wildman–Crippen MR) is 131 cm³/mol. The number of hydrogen-bond donors (Lipinski definition) is 3. The fourth-order valence-corrected chi connectivity index (χ4v) is 3.99. The summed E-state index contributed by atoms with van der Waals surface area (Å²) in [7, 11) is 0. The average molecular weight is 482 g/mol. The van der Waals surface area contributed by atoms with Crippen molar-refractivity contribution < 1.29 is 9.18 Å². The van der Waals surface area contributed by atoms with Gasteiger partial charge in [0.1, 0.15) is 23.4 Å². The molecule has 6 rings (SSSR count). The molecule has 6 heterocycles. The number of carbonyl (C=O) groups is 1. The second kappa shape index (κ2) is 8.34. The van der Waals surface area contributed by atoms with Crippen LogP contribution < -0.4 is 5.32 Å². The molecular weight excluding hydrogens is 463 g/mol. The number of anilines is 1. The number of aromatic amines is 2. The van der Waals surface area contributed by atoms with Crippen molar-refractivity contribution in [2.24, 2.45) is 0 Å². The fraction of sp³-hybridized carbons (Fsp3) is 0.125. The number of pyridine rings is 3. The topological polar surface area (TPSA) is 143 Å². The smallest absolute Gasteiger partial charge is 0.224 e. The number of H-pyrrole nitrogens is 2. The molecule has 0 saturated heterocycles. The molecule has 0 unspecified atom stereocenters. The zero-order chi connectivity index (χ0) is 24.8. The number of hydrogen-bond acceptors (Lipinski definition) is 7. The third-order valence-corrected chi connectivity index (χ3v) is 5.75. The van der Waals surface area contributed by atoms with Crippen LogP contribution in [0.5, 0.6) is 0 Å². The molecule has 12 heteroatoms. The van der Waals surface area contributed by atoms with Gasteiger partial charge in [-0.15, -0.1) is 0 Å². The zero-order valence-electron chi connectivity index (χ0n) is 19.2. The quantitative estimate of drug-likeness (QED) is 0.338. The summed E-state index contributed by atoms with van der Waals surface area (Å²) < 4.78 is 17.7. The number of nitrogens with zero attached hydrogens (tertiary/aromatic N) is 7. The molecule has 0 aliphatic rings. The summed E-state index contributed by atoms with van der Waals surface area (Å²) in [6.07, 6.45) is 9.91. The van der Waals surface area contributed by atoms with Crippen LogP contribution in [0.4, 0.5) is 10.1 Å². The third-order valence-electron chi connectivity index (χ3n) is 5.75. The Hall–Kier alpha value is -5.00. The van der Waals surface area contributed by atoms with Crippen LogP contribution in [0.15, 0.2) is 49.4 Å². The molecule has 0 atom stereocenters. The molecule has 36 heavy (non-hydrogen) atoms. The summed E-state index contributed by atoms with van der Waals surface area (Å²) in [6, 6.07) is 3.44. The zero-order valence-corrected chi connectivity index (χ0v) is 19.2. The molecule has 0 aromatic carbocycles. The van der Waals surface area contributed by atoms with Gasteiger partial charge in [-0.25, -0.2) is 24.3 Å². The highest BCUT2D eigenvalue weighted by Crippen LogP contribution is 2.33. The van der Waals surface area contributed by atoms with E-state index in [1.165, 1.54) is 18.6 Å². The van der Waals surface area contributed by atoms with E-state index in [0.717, 1.165) is 11.2 Å². The van der Waals surface area contributed by atoms with Gasteiger partial charge in [-0.05, 0) is 19.1 Å². The van der Waals surface area contributed by atoms with Crippen LogP contribution >= 0.6 is 0 Å². The van der Waals surface area contributed by atoms with E-state index in [2.05, 4.69) is 40.4 Å². The van der Waals surface area contributed by atoms with E-state index in [9.17, 15) is 4.79 Å². The fourth-order valence-electron chi connectivity index (χ4n) is 3.99. The maximum Gasteiger partial charge on any atom is 0.224 e. The molecule has 0 aliphatic heterocycles. The van der Waals surface area contributed by atoms with Crippen molar-refractivity contribution in [1.29, 1.82) is 0 Å². The molecule has 6 aromatic rings. The summed E-state index contributed by atoms with van der Waals surface area (Å²) in [4.78, 5) is 36.9. The van der Waals surface area contributed by atoms with Crippen LogP contribution in [0.2, 0.25) is 0 Å². The van der Waals surface area contributed by atoms with E-state index in [1.54, 1.807) is 36.1 Å². The van der Waals surface area contributed by atoms with Crippen molar-refractivity contribution in [3.05, 3.63) is 61.0 Å². The van der Waals surface area contributed by atoms with Gasteiger partial charge >= 0.3 is 0 Å². The van der Waals surface area contributed by atoms with Crippen molar-refractivity contribution in [2.45, 2.75) is 20.3 Å². The van der Waals surface area contributed by atoms with Crippen LogP contribution in [-0.4, -0.2) is 50.6 Å². The molecule has 3 N–H and O–H groups in total. The molecule has 0 fully saturated rings. The summed E-state index contributed by atoms with van der Waals surface area (Å²) in [5.41, 5.74) is 3.88. The Bertz CT molecular complexity index is 1770. The minimum absolute atomic E-state index is 0.162. The molecule has 0 aliphatic carbocycles. The molecule has 0 radical (unpaired) electrons. The maximum atomic E-state index is 15.9. The molecule has 11 nitrogen and oxygen atoms in total. The Morgan fingerprint density at radius 1 is 1.19 bits per heavy atom. The lowest BCUT2D eigenvalue weighted by molar-refractivity contribution is -0.115. The van der Waals surface area contributed by atoms with Gasteiger partial charge in [0.25, 0.3) is 0 Å². The van der Waals surface area contributed by atoms with E-state index >= 15 is 4.39 Å². The van der Waals surface area contributed by atoms with Crippen molar-refractivity contribution in [3.8, 4) is 28.5 Å². The van der Waals surface area contributed by atoms with Gasteiger partial charge in [-0.1, -0.05) is 6.92 Å². The van der Waals surface area contributed by atoms with Crippen molar-refractivity contribution in [1.82, 2.24) is 44.7 Å². The van der Waals surface area contributed by atoms with Gasteiger partial charge in [0.05, 0.1) is 28.5 Å². The summed E-state index contributed by atoms with van der Waals surface area (Å²) in [5, 5.41) is 9.95. The molecule has 1 amide bonds. The van der Waals surface area contributed by atoms with Gasteiger partial charge < -0.3 is 10.3 Å². The number of halogens is 1. The van der Waals surface area contributed by atoms with Crippen molar-refractivity contribution in [3.63, 3.8) is 0 Å². The Kier molecular flexibility index (Phi) is 4.99. The molecule has 0 bridgehead atoms. The number of aromatic nitrogens is 9. The van der Waals surface area contributed by atoms with Crippen LogP contribution in [0.3, 0.4) is 0 Å². The first-order valence-corrected chi connectivity index (χ1v) is 11.2. The number of amides is 1. The highest BCUT2D eigenvalue weighted by Gasteiger charge is 2.21. The number of nitrogens with one attached hydrogen (secondary N) is 3. The average Bonchev–Trinajstić information content (AvgIpc) is 3.62. The Labute approximate surface area is 202 Å². The van der Waals surface area contributed by atoms with E-state index in [1.807, 2.05) is 13.1 Å². The largest absolute Gasteiger partial charge is 0.336 e. The summed E-state index contributed by atoms with van der Waals surface area (Å²) >= 11 is 0. The predicted octanol–water partition coefficient (Wildman–Crippen LogP) is 3.94. The molecule has 0 spiro atoms. The number of carbonyl (C=O) groups excluding carboxylic acids is 1. The van der Waals surface area contributed by atoms with E-state index in [0.29, 0.717) is 40.5 Å². The number of aryl methyl sites for hydroxylation is 1.